The van der Waals surface area contributed by atoms with Gasteiger partial charge in [0.25, 0.3) is 0 Å². The summed E-state index contributed by atoms with van der Waals surface area (Å²) in [6.07, 6.45) is 1.97. The van der Waals surface area contributed by atoms with Gasteiger partial charge in [-0.05, 0) is 39.2 Å². The average molecular weight is 294 g/mol. The van der Waals surface area contributed by atoms with Crippen LogP contribution in [0.1, 0.15) is 65.2 Å². The van der Waals surface area contributed by atoms with E-state index in [1.165, 1.54) is 19.3 Å². The Morgan fingerprint density at radius 3 is 2.15 bits per heavy atom. The van der Waals surface area contributed by atoms with E-state index in [4.69, 9.17) is 5.73 Å². The van der Waals surface area contributed by atoms with E-state index in [2.05, 4.69) is 11.8 Å². The fourth-order valence-electron chi connectivity index (χ4n) is 3.51. The Bertz CT molecular complexity index is 275. The molecule has 0 spiro atoms. The first kappa shape index (κ1) is 17.8. The molecule has 2 nitrogen and oxygen atoms in total. The zero-order valence-corrected chi connectivity index (χ0v) is 12.8. The highest BCUT2D eigenvalue weighted by atomic mass is 19.4. The molecule has 20 heavy (non-hydrogen) atoms. The molecule has 0 aliphatic heterocycles. The van der Waals surface area contributed by atoms with Gasteiger partial charge in [-0.2, -0.15) is 13.2 Å². The second kappa shape index (κ2) is 7.64. The first-order chi connectivity index (χ1) is 9.32. The number of likely N-dealkylation sites (N-methyl/N-ethyl adjacent to an activating group) is 1. The molecule has 1 rings (SSSR count). The van der Waals surface area contributed by atoms with Crippen LogP contribution in [0.2, 0.25) is 0 Å². The second-order valence-corrected chi connectivity index (χ2v) is 6.25. The summed E-state index contributed by atoms with van der Waals surface area (Å²) < 4.78 is 37.0. The molecular formula is C15H29F3N2. The number of hydrogen-bond donors (Lipinski definition) is 1. The predicted octanol–water partition coefficient (Wildman–Crippen LogP) is 4.09. The van der Waals surface area contributed by atoms with Crippen molar-refractivity contribution in [2.75, 3.05) is 13.1 Å². The Labute approximate surface area is 120 Å². The molecule has 1 aliphatic carbocycles. The quantitative estimate of drug-likeness (QED) is 0.766. The molecule has 120 valence electrons. The SMILES string of the molecule is CCN(C1CCCCC1)C(C)(CN)CCCC(F)(F)F. The first-order valence-electron chi connectivity index (χ1n) is 7.86. The molecule has 0 aromatic rings. The summed E-state index contributed by atoms with van der Waals surface area (Å²) in [7, 11) is 0. The molecule has 1 fully saturated rings. The maximum Gasteiger partial charge on any atom is 0.389 e. The number of rotatable bonds is 7. The van der Waals surface area contributed by atoms with Gasteiger partial charge in [0.05, 0.1) is 0 Å². The van der Waals surface area contributed by atoms with Crippen LogP contribution in [-0.2, 0) is 0 Å². The largest absolute Gasteiger partial charge is 0.389 e. The monoisotopic (exact) mass is 294 g/mol. The van der Waals surface area contributed by atoms with Gasteiger partial charge in [0, 0.05) is 24.5 Å². The summed E-state index contributed by atoms with van der Waals surface area (Å²) in [5.74, 6) is 0. The summed E-state index contributed by atoms with van der Waals surface area (Å²) in [6, 6.07) is 0.494. The third-order valence-electron chi connectivity index (χ3n) is 4.66. The standard InChI is InChI=1S/C15H29F3N2/c1-3-20(13-8-5-4-6-9-13)14(2,12-19)10-7-11-15(16,17)18/h13H,3-12,19H2,1-2H3. The Balaban J connectivity index is 2.62. The fourth-order valence-corrected chi connectivity index (χ4v) is 3.51. The molecule has 0 amide bonds. The highest BCUT2D eigenvalue weighted by molar-refractivity contribution is 4.92. The second-order valence-electron chi connectivity index (χ2n) is 6.25. The lowest BCUT2D eigenvalue weighted by atomic mass is 9.86. The lowest BCUT2D eigenvalue weighted by Crippen LogP contribution is -2.56. The molecule has 0 aromatic carbocycles. The summed E-state index contributed by atoms with van der Waals surface area (Å²) in [6.45, 7) is 5.41. The highest BCUT2D eigenvalue weighted by Crippen LogP contribution is 2.32. The van der Waals surface area contributed by atoms with Crippen molar-refractivity contribution in [3.8, 4) is 0 Å². The van der Waals surface area contributed by atoms with Crippen LogP contribution in [0.3, 0.4) is 0 Å². The van der Waals surface area contributed by atoms with Crippen molar-refractivity contribution < 1.29 is 13.2 Å². The van der Waals surface area contributed by atoms with Gasteiger partial charge in [0.15, 0.2) is 0 Å². The van der Waals surface area contributed by atoms with Crippen molar-refractivity contribution >= 4 is 0 Å². The molecule has 0 bridgehead atoms. The maximum absolute atomic E-state index is 12.3. The topological polar surface area (TPSA) is 29.3 Å². The lowest BCUT2D eigenvalue weighted by Gasteiger charge is -2.46. The molecule has 0 saturated heterocycles. The molecule has 0 heterocycles. The van der Waals surface area contributed by atoms with Gasteiger partial charge < -0.3 is 5.73 Å². The van der Waals surface area contributed by atoms with E-state index in [0.29, 0.717) is 19.0 Å². The molecule has 2 N–H and O–H groups in total. The van der Waals surface area contributed by atoms with E-state index in [9.17, 15) is 13.2 Å². The lowest BCUT2D eigenvalue weighted by molar-refractivity contribution is -0.137. The van der Waals surface area contributed by atoms with Gasteiger partial charge in [0.2, 0.25) is 0 Å². The molecule has 1 saturated carbocycles. The van der Waals surface area contributed by atoms with Crippen LogP contribution in [-0.4, -0.2) is 35.7 Å². The van der Waals surface area contributed by atoms with Crippen LogP contribution >= 0.6 is 0 Å². The fraction of sp³-hybridized carbons (Fsp3) is 1.00. The van der Waals surface area contributed by atoms with Crippen LogP contribution in [0.15, 0.2) is 0 Å². The number of nitrogens with zero attached hydrogens (tertiary/aromatic N) is 1. The minimum absolute atomic E-state index is 0.167. The molecule has 1 atom stereocenters. The van der Waals surface area contributed by atoms with Crippen molar-refractivity contribution in [1.29, 1.82) is 0 Å². The smallest absolute Gasteiger partial charge is 0.329 e. The normalized spacial score (nSPS) is 21.1. The molecule has 0 aromatic heterocycles. The average Bonchev–Trinajstić information content (AvgIpc) is 2.39. The van der Waals surface area contributed by atoms with Crippen LogP contribution in [0.5, 0.6) is 0 Å². The van der Waals surface area contributed by atoms with Crippen molar-refractivity contribution in [2.45, 2.75) is 83.0 Å². The number of hydrogen-bond acceptors (Lipinski definition) is 2. The molecule has 0 radical (unpaired) electrons. The van der Waals surface area contributed by atoms with E-state index in [1.807, 2.05) is 6.92 Å². The summed E-state index contributed by atoms with van der Waals surface area (Å²) in [4.78, 5) is 2.36. The third-order valence-corrected chi connectivity index (χ3v) is 4.66. The van der Waals surface area contributed by atoms with Crippen LogP contribution in [0.4, 0.5) is 13.2 Å². The summed E-state index contributed by atoms with van der Waals surface area (Å²) >= 11 is 0. The number of alkyl halides is 3. The van der Waals surface area contributed by atoms with Gasteiger partial charge >= 0.3 is 6.18 Å². The van der Waals surface area contributed by atoms with E-state index in [0.717, 1.165) is 19.4 Å². The first-order valence-corrected chi connectivity index (χ1v) is 7.86. The zero-order chi connectivity index (χ0) is 15.2. The number of halogens is 3. The summed E-state index contributed by atoms with van der Waals surface area (Å²) in [5, 5.41) is 0. The van der Waals surface area contributed by atoms with Crippen molar-refractivity contribution in [3.05, 3.63) is 0 Å². The van der Waals surface area contributed by atoms with Crippen molar-refractivity contribution in [3.63, 3.8) is 0 Å². The Morgan fingerprint density at radius 1 is 1.10 bits per heavy atom. The van der Waals surface area contributed by atoms with Gasteiger partial charge in [-0.15, -0.1) is 0 Å². The van der Waals surface area contributed by atoms with Gasteiger partial charge in [-0.25, -0.2) is 0 Å². The zero-order valence-electron chi connectivity index (χ0n) is 12.8. The molecule has 1 aliphatic rings. The minimum Gasteiger partial charge on any atom is -0.329 e. The predicted molar refractivity (Wildman–Crippen MR) is 76.6 cm³/mol. The van der Waals surface area contributed by atoms with Gasteiger partial charge in [-0.1, -0.05) is 26.2 Å². The Morgan fingerprint density at radius 2 is 1.70 bits per heavy atom. The van der Waals surface area contributed by atoms with Crippen molar-refractivity contribution in [2.24, 2.45) is 5.73 Å². The Kier molecular flexibility index (Phi) is 6.79. The minimum atomic E-state index is -4.06. The number of nitrogens with two attached hydrogens (primary N) is 1. The van der Waals surface area contributed by atoms with Crippen LogP contribution in [0, 0.1) is 0 Å². The van der Waals surface area contributed by atoms with Crippen molar-refractivity contribution in [1.82, 2.24) is 4.90 Å². The van der Waals surface area contributed by atoms with E-state index >= 15 is 0 Å². The van der Waals surface area contributed by atoms with E-state index in [1.54, 1.807) is 0 Å². The van der Waals surface area contributed by atoms with Gasteiger partial charge in [-0.3, -0.25) is 4.90 Å². The molecular weight excluding hydrogens is 265 g/mol. The highest BCUT2D eigenvalue weighted by Gasteiger charge is 2.36. The third kappa shape index (κ3) is 5.24. The van der Waals surface area contributed by atoms with Crippen LogP contribution < -0.4 is 5.73 Å². The maximum atomic E-state index is 12.3. The van der Waals surface area contributed by atoms with E-state index in [-0.39, 0.29) is 12.0 Å². The van der Waals surface area contributed by atoms with Gasteiger partial charge in [0.1, 0.15) is 0 Å². The molecule has 5 heteroatoms. The Hall–Kier alpha value is -0.290. The molecule has 1 unspecified atom stereocenters. The summed E-state index contributed by atoms with van der Waals surface area (Å²) in [5.41, 5.74) is 5.61. The van der Waals surface area contributed by atoms with E-state index < -0.39 is 12.6 Å². The van der Waals surface area contributed by atoms with Crippen LogP contribution in [0.25, 0.3) is 0 Å².